The van der Waals surface area contributed by atoms with Gasteiger partial charge in [0.25, 0.3) is 0 Å². The number of hydrogen-bond acceptors (Lipinski definition) is 7. The Morgan fingerprint density at radius 3 is 2.82 bits per heavy atom. The Morgan fingerprint density at radius 2 is 2.11 bits per heavy atom. The lowest BCUT2D eigenvalue weighted by atomic mass is 10.1. The van der Waals surface area contributed by atoms with Crippen molar-refractivity contribution >= 4 is 5.69 Å². The van der Waals surface area contributed by atoms with Gasteiger partial charge in [-0.2, -0.15) is 0 Å². The lowest BCUT2D eigenvalue weighted by Gasteiger charge is -2.39. The van der Waals surface area contributed by atoms with Crippen LogP contribution in [0.5, 0.6) is 5.75 Å². The van der Waals surface area contributed by atoms with Gasteiger partial charge < -0.3 is 14.4 Å². The van der Waals surface area contributed by atoms with Gasteiger partial charge in [-0.1, -0.05) is 13.0 Å². The number of benzene rings is 1. The highest BCUT2D eigenvalue weighted by atomic mass is 16.5. The van der Waals surface area contributed by atoms with E-state index in [9.17, 15) is 0 Å². The zero-order valence-corrected chi connectivity index (χ0v) is 16.8. The Hall–Kier alpha value is -2.19. The van der Waals surface area contributed by atoms with E-state index in [4.69, 9.17) is 9.47 Å². The molecular formula is C20H30N6O2. The largest absolute Gasteiger partial charge is 0.497 e. The Bertz CT molecular complexity index is 753. The summed E-state index contributed by atoms with van der Waals surface area (Å²) in [6, 6.07) is 8.53. The number of methoxy groups -OCH3 is 1. The van der Waals surface area contributed by atoms with Gasteiger partial charge >= 0.3 is 0 Å². The average molecular weight is 387 g/mol. The molecule has 0 N–H and O–H groups in total. The second-order valence-electron chi connectivity index (χ2n) is 7.50. The summed E-state index contributed by atoms with van der Waals surface area (Å²) >= 11 is 0. The number of anilines is 1. The fourth-order valence-corrected chi connectivity index (χ4v) is 4.26. The van der Waals surface area contributed by atoms with Crippen LogP contribution in [-0.4, -0.2) is 71.1 Å². The van der Waals surface area contributed by atoms with E-state index in [1.807, 2.05) is 10.7 Å². The van der Waals surface area contributed by atoms with Crippen molar-refractivity contribution in [3.63, 3.8) is 0 Å². The lowest BCUT2D eigenvalue weighted by Crippen LogP contribution is -2.48. The van der Waals surface area contributed by atoms with Crippen LogP contribution in [0, 0.1) is 0 Å². The number of aromatic nitrogens is 4. The molecule has 0 spiro atoms. The number of rotatable bonds is 7. The fraction of sp³-hybridized carbons (Fsp3) is 0.650. The second-order valence-corrected chi connectivity index (χ2v) is 7.50. The van der Waals surface area contributed by atoms with Crippen molar-refractivity contribution in [2.24, 2.45) is 0 Å². The van der Waals surface area contributed by atoms with E-state index in [-0.39, 0.29) is 12.1 Å². The van der Waals surface area contributed by atoms with Crippen molar-refractivity contribution in [2.75, 3.05) is 44.8 Å². The fourth-order valence-electron chi connectivity index (χ4n) is 4.26. The Morgan fingerprint density at radius 1 is 1.25 bits per heavy atom. The second kappa shape index (κ2) is 8.87. The third-order valence-corrected chi connectivity index (χ3v) is 5.82. The smallest absolute Gasteiger partial charge is 0.168 e. The predicted molar refractivity (Wildman–Crippen MR) is 107 cm³/mol. The van der Waals surface area contributed by atoms with Crippen LogP contribution in [0.1, 0.15) is 38.1 Å². The van der Waals surface area contributed by atoms with Gasteiger partial charge in [-0.05, 0) is 41.8 Å². The van der Waals surface area contributed by atoms with E-state index in [0.717, 1.165) is 70.2 Å². The van der Waals surface area contributed by atoms with Crippen molar-refractivity contribution in [1.82, 2.24) is 25.1 Å². The van der Waals surface area contributed by atoms with Gasteiger partial charge in [-0.25, -0.2) is 4.68 Å². The molecule has 0 amide bonds. The lowest BCUT2D eigenvalue weighted by molar-refractivity contribution is 0.0894. The highest BCUT2D eigenvalue weighted by Crippen LogP contribution is 2.27. The Kier molecular flexibility index (Phi) is 6.07. The van der Waals surface area contributed by atoms with Crippen molar-refractivity contribution < 1.29 is 9.47 Å². The highest BCUT2D eigenvalue weighted by molar-refractivity contribution is 5.51. The van der Waals surface area contributed by atoms with Crippen LogP contribution >= 0.6 is 0 Å². The quantitative estimate of drug-likeness (QED) is 0.722. The molecule has 0 unspecified atom stereocenters. The molecule has 8 heteroatoms. The molecule has 4 rings (SSSR count). The van der Waals surface area contributed by atoms with Crippen molar-refractivity contribution in [1.29, 1.82) is 0 Å². The summed E-state index contributed by atoms with van der Waals surface area (Å²) in [5, 5.41) is 12.6. The first-order chi connectivity index (χ1) is 13.8. The van der Waals surface area contributed by atoms with E-state index >= 15 is 0 Å². The first-order valence-electron chi connectivity index (χ1n) is 10.3. The van der Waals surface area contributed by atoms with Crippen LogP contribution < -0.4 is 9.64 Å². The molecule has 2 aliphatic heterocycles. The minimum absolute atomic E-state index is 0.240. The van der Waals surface area contributed by atoms with Crippen molar-refractivity contribution in [2.45, 2.75) is 44.9 Å². The molecule has 2 fully saturated rings. The van der Waals surface area contributed by atoms with Gasteiger partial charge in [0.1, 0.15) is 5.75 Å². The maximum Gasteiger partial charge on any atom is 0.168 e. The summed E-state index contributed by atoms with van der Waals surface area (Å²) in [4.78, 5) is 4.93. The molecule has 0 radical (unpaired) electrons. The molecule has 2 aliphatic rings. The van der Waals surface area contributed by atoms with E-state index in [2.05, 4.69) is 50.4 Å². The van der Waals surface area contributed by atoms with Gasteiger partial charge in [-0.15, -0.1) is 5.10 Å². The maximum absolute atomic E-state index is 5.78. The molecule has 0 saturated carbocycles. The molecule has 0 bridgehead atoms. The Labute approximate surface area is 166 Å². The molecule has 1 aromatic carbocycles. The molecule has 0 aliphatic carbocycles. The summed E-state index contributed by atoms with van der Waals surface area (Å²) in [6.45, 7) is 7.76. The topological polar surface area (TPSA) is 68.5 Å². The normalized spacial score (nSPS) is 21.8. The highest BCUT2D eigenvalue weighted by Gasteiger charge is 2.29. The SMILES string of the molecule is CC[C@@H](c1nnnn1C[C@@H]1CCCO1)N1CCN(c2cccc(OC)c2)CC1. The van der Waals surface area contributed by atoms with Gasteiger partial charge in [0, 0.05) is 44.5 Å². The van der Waals surface area contributed by atoms with E-state index < -0.39 is 0 Å². The van der Waals surface area contributed by atoms with Crippen LogP contribution in [0.2, 0.25) is 0 Å². The number of piperazine rings is 1. The van der Waals surface area contributed by atoms with Gasteiger partial charge in [0.2, 0.25) is 0 Å². The third kappa shape index (κ3) is 4.12. The maximum atomic E-state index is 5.78. The molecule has 152 valence electrons. The Balaban J connectivity index is 1.41. The summed E-state index contributed by atoms with van der Waals surface area (Å²) in [7, 11) is 1.71. The van der Waals surface area contributed by atoms with Crippen LogP contribution in [0.4, 0.5) is 5.69 Å². The van der Waals surface area contributed by atoms with Crippen molar-refractivity contribution in [3.05, 3.63) is 30.1 Å². The van der Waals surface area contributed by atoms with Crippen LogP contribution in [0.3, 0.4) is 0 Å². The molecule has 28 heavy (non-hydrogen) atoms. The van der Waals surface area contributed by atoms with E-state index in [1.165, 1.54) is 5.69 Å². The van der Waals surface area contributed by atoms with Gasteiger partial charge in [0.05, 0.1) is 25.8 Å². The summed E-state index contributed by atoms with van der Waals surface area (Å²) in [5.74, 6) is 1.87. The monoisotopic (exact) mass is 386 g/mol. The first-order valence-corrected chi connectivity index (χ1v) is 10.3. The number of hydrogen-bond donors (Lipinski definition) is 0. The van der Waals surface area contributed by atoms with E-state index in [0.29, 0.717) is 0 Å². The number of nitrogens with zero attached hydrogens (tertiary/aromatic N) is 6. The standard InChI is InChI=1S/C20H30N6O2/c1-3-19(20-21-22-23-26(20)15-18-8-5-13-28-18)25-11-9-24(10-12-25)16-6-4-7-17(14-16)27-2/h4,6-7,14,18-19H,3,5,8-13,15H2,1-2H3/t18-,19-/m0/s1. The zero-order chi connectivity index (χ0) is 19.3. The van der Waals surface area contributed by atoms with Crippen molar-refractivity contribution in [3.8, 4) is 5.75 Å². The van der Waals surface area contributed by atoms with E-state index in [1.54, 1.807) is 7.11 Å². The minimum Gasteiger partial charge on any atom is -0.497 e. The molecule has 2 aromatic rings. The average Bonchev–Trinajstić information content (AvgIpc) is 3.42. The summed E-state index contributed by atoms with van der Waals surface area (Å²) in [5.41, 5.74) is 1.22. The molecule has 2 atom stereocenters. The van der Waals surface area contributed by atoms with Crippen LogP contribution in [0.25, 0.3) is 0 Å². The zero-order valence-electron chi connectivity index (χ0n) is 16.8. The first kappa shape index (κ1) is 19.1. The molecule has 3 heterocycles. The van der Waals surface area contributed by atoms with Crippen LogP contribution in [-0.2, 0) is 11.3 Å². The minimum atomic E-state index is 0.240. The van der Waals surface area contributed by atoms with Gasteiger partial charge in [-0.3, -0.25) is 4.90 Å². The predicted octanol–water partition coefficient (Wildman–Crippen LogP) is 2.13. The van der Waals surface area contributed by atoms with Gasteiger partial charge in [0.15, 0.2) is 5.82 Å². The number of tetrazole rings is 1. The third-order valence-electron chi connectivity index (χ3n) is 5.82. The summed E-state index contributed by atoms with van der Waals surface area (Å²) in [6.07, 6.45) is 3.45. The molecule has 2 saturated heterocycles. The number of ether oxygens (including phenoxy) is 2. The molecule has 8 nitrogen and oxygen atoms in total. The molecule has 1 aromatic heterocycles. The summed E-state index contributed by atoms with van der Waals surface area (Å²) < 4.78 is 13.1. The molecular weight excluding hydrogens is 356 g/mol. The van der Waals surface area contributed by atoms with Crippen LogP contribution in [0.15, 0.2) is 24.3 Å².